The number of aryl methyl sites for hydroxylation is 1. The molecule has 3 atom stereocenters. The normalized spacial score (nSPS) is 18.3. The van der Waals surface area contributed by atoms with Gasteiger partial charge in [-0.05, 0) is 106 Å². The maximum absolute atomic E-state index is 6.71. The van der Waals surface area contributed by atoms with Crippen molar-refractivity contribution in [3.8, 4) is 22.4 Å². The predicted molar refractivity (Wildman–Crippen MR) is 264 cm³/mol. The Kier molecular flexibility index (Phi) is 9.39. The molecule has 0 bridgehead atoms. The molecule has 3 aromatic heterocycles. The van der Waals surface area contributed by atoms with Crippen LogP contribution in [-0.2, 0) is 6.42 Å². The zero-order chi connectivity index (χ0) is 43.3. The molecular weight excluding hydrogens is 785 g/mol. The fourth-order valence-electron chi connectivity index (χ4n) is 11.1. The molecule has 0 amide bonds. The van der Waals surface area contributed by atoms with Crippen LogP contribution in [-0.4, -0.2) is 13.1 Å². The van der Waals surface area contributed by atoms with E-state index in [4.69, 9.17) is 16.0 Å². The molecule has 0 fully saturated rings. The Balaban J connectivity index is 1.19. The second-order valence-electron chi connectivity index (χ2n) is 19.8. The maximum Gasteiger partial charge on any atom is 0.213 e. The summed E-state index contributed by atoms with van der Waals surface area (Å²) >= 11 is 0. The quantitative estimate of drug-likeness (QED) is 0.128. The Hall–Kier alpha value is -6.24. The molecule has 5 nitrogen and oxygen atoms in total. The van der Waals surface area contributed by atoms with Gasteiger partial charge >= 0.3 is 0 Å². The van der Waals surface area contributed by atoms with Gasteiger partial charge in [0.2, 0.25) is 5.69 Å². The van der Waals surface area contributed by atoms with Crippen molar-refractivity contribution in [2.75, 3.05) is 9.80 Å². The number of furan rings is 1. The zero-order valence-electron chi connectivity index (χ0n) is 37.7. The van der Waals surface area contributed by atoms with Gasteiger partial charge in [-0.2, -0.15) is 4.57 Å². The number of para-hydroxylation sites is 1. The van der Waals surface area contributed by atoms with Gasteiger partial charge in [0, 0.05) is 45.4 Å². The summed E-state index contributed by atoms with van der Waals surface area (Å²) in [4.78, 5) is 10.1. The van der Waals surface area contributed by atoms with Gasteiger partial charge in [-0.3, -0.25) is 4.98 Å². The van der Waals surface area contributed by atoms with E-state index in [2.05, 4.69) is 195 Å². The number of hydrogen-bond donors (Lipinski definition) is 0. The highest BCUT2D eigenvalue weighted by molar-refractivity contribution is 6.88. The summed E-state index contributed by atoms with van der Waals surface area (Å²) in [5.41, 5.74) is 18.4. The van der Waals surface area contributed by atoms with Crippen LogP contribution in [0.4, 0.5) is 17.1 Å². The van der Waals surface area contributed by atoms with E-state index in [1.165, 1.54) is 61.1 Å². The second kappa shape index (κ2) is 14.9. The molecule has 3 aliphatic rings. The number of allylic oxidation sites excluding steroid dienone is 1. The first-order valence-electron chi connectivity index (χ1n) is 23.0. The van der Waals surface area contributed by atoms with Crippen molar-refractivity contribution < 1.29 is 8.98 Å². The Labute approximate surface area is 373 Å². The lowest BCUT2D eigenvalue weighted by Crippen LogP contribution is -2.53. The average molecular weight is 842 g/mol. The Morgan fingerprint density at radius 2 is 1.44 bits per heavy atom. The highest BCUT2D eigenvalue weighted by Crippen LogP contribution is 2.57. The Bertz CT molecular complexity index is 3070. The Morgan fingerprint density at radius 3 is 2.21 bits per heavy atom. The summed E-state index contributed by atoms with van der Waals surface area (Å²) in [6.45, 7) is 21.9. The van der Waals surface area contributed by atoms with Crippen LogP contribution in [0.5, 0.6) is 0 Å². The topological polar surface area (TPSA) is 36.4 Å². The molecule has 63 heavy (non-hydrogen) atoms. The summed E-state index contributed by atoms with van der Waals surface area (Å²) in [6.07, 6.45) is 9.08. The minimum atomic E-state index is -1.63. The highest BCUT2D eigenvalue weighted by atomic mass is 28.3. The molecular formula is C57H57N4OSi+. The minimum Gasteiger partial charge on any atom is -0.456 e. The molecule has 3 unspecified atom stereocenters. The lowest BCUT2D eigenvalue weighted by molar-refractivity contribution is -0.717. The molecule has 0 N–H and O–H groups in total. The lowest BCUT2D eigenvalue weighted by atomic mass is 9.77. The fraction of sp³-hybridized carbons (Fsp3) is 0.263. The minimum absolute atomic E-state index is 0.178. The summed E-state index contributed by atoms with van der Waals surface area (Å²) in [5.74, 6) is 0.799. The molecule has 314 valence electrons. The maximum atomic E-state index is 6.71. The first-order valence-corrected chi connectivity index (χ1v) is 26.5. The van der Waals surface area contributed by atoms with Crippen molar-refractivity contribution in [2.24, 2.45) is 0 Å². The average Bonchev–Trinajstić information content (AvgIpc) is 3.83. The highest BCUT2D eigenvalue weighted by Gasteiger charge is 2.47. The van der Waals surface area contributed by atoms with Gasteiger partial charge in [-0.25, -0.2) is 0 Å². The zero-order valence-corrected chi connectivity index (χ0v) is 38.7. The van der Waals surface area contributed by atoms with Crippen LogP contribution in [0.3, 0.4) is 0 Å². The molecule has 0 radical (unpaired) electrons. The largest absolute Gasteiger partial charge is 0.456 e. The number of benzene rings is 5. The van der Waals surface area contributed by atoms with E-state index in [1.807, 2.05) is 6.20 Å². The number of fused-ring (bicyclic) bond motifs is 14. The van der Waals surface area contributed by atoms with Crippen LogP contribution in [0.15, 0.2) is 157 Å². The van der Waals surface area contributed by atoms with Crippen molar-refractivity contribution in [3.63, 3.8) is 0 Å². The number of nitrogens with zero attached hydrogens (tertiary/aromatic N) is 4. The van der Waals surface area contributed by atoms with Gasteiger partial charge in [0.1, 0.15) is 17.3 Å². The van der Waals surface area contributed by atoms with Crippen LogP contribution in [0.25, 0.3) is 44.3 Å². The number of rotatable bonds is 5. The van der Waals surface area contributed by atoms with Gasteiger partial charge in [0.15, 0.2) is 12.2 Å². The van der Waals surface area contributed by atoms with Gasteiger partial charge < -0.3 is 14.2 Å². The van der Waals surface area contributed by atoms with Crippen molar-refractivity contribution in [2.45, 2.75) is 96.6 Å². The van der Waals surface area contributed by atoms with Crippen molar-refractivity contribution in [3.05, 3.63) is 180 Å². The number of hydrogen-bond acceptors (Lipinski definition) is 4. The molecule has 6 heterocycles. The SMILES string of the molecule is C=C1CC2C(CCc3cc4oc5ccccc5c4cc3C3N1c1ccncc1N3c1c(C(C)C)cc(-c3ccccc3)cc1C(C)C)c1ccccc1-c1ccc([Si](C)(C)C)c[n+]12. The van der Waals surface area contributed by atoms with Crippen LogP contribution in [0.1, 0.15) is 98.3 Å². The third kappa shape index (κ3) is 6.39. The summed E-state index contributed by atoms with van der Waals surface area (Å²) in [7, 11) is -1.63. The number of pyridine rings is 2. The van der Waals surface area contributed by atoms with Crippen molar-refractivity contribution in [1.29, 1.82) is 0 Å². The number of aromatic nitrogens is 2. The van der Waals surface area contributed by atoms with E-state index >= 15 is 0 Å². The molecule has 0 saturated carbocycles. The molecule has 8 aromatic rings. The van der Waals surface area contributed by atoms with Crippen LogP contribution in [0.2, 0.25) is 19.6 Å². The molecule has 5 aromatic carbocycles. The van der Waals surface area contributed by atoms with Crippen molar-refractivity contribution in [1.82, 2.24) is 4.98 Å². The first kappa shape index (κ1) is 39.6. The van der Waals surface area contributed by atoms with E-state index in [1.54, 1.807) is 0 Å². The summed E-state index contributed by atoms with van der Waals surface area (Å²) < 4.78 is 9.36. The summed E-state index contributed by atoms with van der Waals surface area (Å²) in [6, 6.07) is 45.5. The van der Waals surface area contributed by atoms with E-state index in [0.29, 0.717) is 0 Å². The van der Waals surface area contributed by atoms with E-state index in [9.17, 15) is 0 Å². The lowest BCUT2D eigenvalue weighted by Gasteiger charge is -2.40. The molecule has 0 saturated heterocycles. The summed E-state index contributed by atoms with van der Waals surface area (Å²) in [5, 5.41) is 3.78. The van der Waals surface area contributed by atoms with Gasteiger partial charge in [0.25, 0.3) is 0 Å². The van der Waals surface area contributed by atoms with E-state index in [-0.39, 0.29) is 30.0 Å². The van der Waals surface area contributed by atoms with Crippen molar-refractivity contribution >= 4 is 52.3 Å². The third-order valence-electron chi connectivity index (χ3n) is 14.3. The fourth-order valence-corrected chi connectivity index (χ4v) is 12.2. The van der Waals surface area contributed by atoms with Gasteiger partial charge in [-0.15, -0.1) is 0 Å². The molecule has 0 aliphatic carbocycles. The monoisotopic (exact) mass is 841 g/mol. The molecule has 11 rings (SSSR count). The second-order valence-corrected chi connectivity index (χ2v) is 24.9. The standard InChI is InChI=1S/C57H57N4OSi/c1-35(2)46-29-40(38-16-10-9-11-17-38)30-47(36(3)4)56(46)61-53-33-58-27-26-51(53)60-37(5)28-52-44(42-18-12-13-19-43(42)50-25-23-41(34-59(50)52)63(6,7)8)24-22-39-31-55-49(32-48(39)57(60)61)45-20-14-15-21-54(45)62-55/h9-21,23,25-27,29-36,44,52,57H,5,22,24,28H2,1-4,6-8H3/q+1. The van der Waals surface area contributed by atoms with Crippen LogP contribution < -0.4 is 19.6 Å². The predicted octanol–water partition coefficient (Wildman–Crippen LogP) is 14.2. The smallest absolute Gasteiger partial charge is 0.213 e. The number of anilines is 3. The molecule has 6 heteroatoms. The van der Waals surface area contributed by atoms with E-state index < -0.39 is 8.07 Å². The third-order valence-corrected chi connectivity index (χ3v) is 16.3. The van der Waals surface area contributed by atoms with Crippen LogP contribution >= 0.6 is 0 Å². The first-order chi connectivity index (χ1) is 30.5. The van der Waals surface area contributed by atoms with Gasteiger partial charge in [-0.1, -0.05) is 127 Å². The molecule has 3 aliphatic heterocycles. The van der Waals surface area contributed by atoms with Crippen LogP contribution in [0, 0.1) is 0 Å². The molecule has 0 spiro atoms. The van der Waals surface area contributed by atoms with Gasteiger partial charge in [0.05, 0.1) is 37.8 Å². The Morgan fingerprint density at radius 1 is 0.714 bits per heavy atom. The van der Waals surface area contributed by atoms with E-state index in [0.717, 1.165) is 58.3 Å².